The van der Waals surface area contributed by atoms with Crippen molar-refractivity contribution in [3.05, 3.63) is 82.9 Å². The molecular formula is C18H15ClZr. The van der Waals surface area contributed by atoms with Crippen LogP contribution < -0.4 is 12.4 Å². The number of benzene rings is 2. The fourth-order valence-electron chi connectivity index (χ4n) is 2.98. The minimum absolute atomic E-state index is 0. The fourth-order valence-corrected chi connectivity index (χ4v) is 7.13. The Balaban J connectivity index is 0.000000807. The number of halogens is 1. The fraction of sp³-hybridized carbons (Fsp3) is 0.111. The maximum atomic E-state index is 2.44. The predicted molar refractivity (Wildman–Crippen MR) is 77.5 cm³/mol. The van der Waals surface area contributed by atoms with Crippen LogP contribution in [0, 0.1) is 0 Å². The van der Waals surface area contributed by atoms with Crippen LogP contribution in [-0.2, 0) is 23.2 Å². The zero-order valence-corrected chi connectivity index (χ0v) is 14.2. The van der Waals surface area contributed by atoms with Crippen LogP contribution in [0.1, 0.15) is 30.9 Å². The van der Waals surface area contributed by atoms with Gasteiger partial charge >= 0.3 is 126 Å². The second-order valence-electron chi connectivity index (χ2n) is 5.10. The molecule has 2 aliphatic carbocycles. The van der Waals surface area contributed by atoms with Gasteiger partial charge in [-0.3, -0.25) is 0 Å². The van der Waals surface area contributed by atoms with Gasteiger partial charge in [-0.1, -0.05) is 0 Å². The number of rotatable bonds is 2. The van der Waals surface area contributed by atoms with Crippen LogP contribution in [0.4, 0.5) is 0 Å². The largest absolute Gasteiger partial charge is 1.00 e. The van der Waals surface area contributed by atoms with E-state index < -0.39 is 23.2 Å². The molecule has 0 heterocycles. The van der Waals surface area contributed by atoms with Crippen LogP contribution in [0.2, 0.25) is 0 Å². The van der Waals surface area contributed by atoms with E-state index in [-0.39, 0.29) is 13.8 Å². The Labute approximate surface area is 139 Å². The van der Waals surface area contributed by atoms with Gasteiger partial charge in [0.15, 0.2) is 0 Å². The Morgan fingerprint density at radius 1 is 0.700 bits per heavy atom. The van der Waals surface area contributed by atoms with Gasteiger partial charge in [-0.25, -0.2) is 0 Å². The van der Waals surface area contributed by atoms with Crippen molar-refractivity contribution in [2.75, 3.05) is 0 Å². The van der Waals surface area contributed by atoms with Crippen molar-refractivity contribution in [3.8, 4) is 0 Å². The molecule has 0 saturated heterocycles. The molecule has 20 heavy (non-hydrogen) atoms. The third kappa shape index (κ3) is 2.38. The van der Waals surface area contributed by atoms with E-state index in [0.29, 0.717) is 0 Å². The first-order valence-electron chi connectivity index (χ1n) is 6.72. The van der Waals surface area contributed by atoms with Crippen molar-refractivity contribution in [3.63, 3.8) is 0 Å². The minimum Gasteiger partial charge on any atom is -1.00 e. The molecule has 0 radical (unpaired) electrons. The molecule has 0 saturated carbocycles. The van der Waals surface area contributed by atoms with Gasteiger partial charge in [0.2, 0.25) is 0 Å². The quantitative estimate of drug-likeness (QED) is 0.767. The molecule has 0 bridgehead atoms. The molecule has 2 heteroatoms. The van der Waals surface area contributed by atoms with Gasteiger partial charge in [0.25, 0.3) is 0 Å². The first kappa shape index (κ1) is 14.0. The van der Waals surface area contributed by atoms with Crippen LogP contribution in [0.25, 0.3) is 12.2 Å². The van der Waals surface area contributed by atoms with Gasteiger partial charge in [0.05, 0.1) is 0 Å². The molecule has 2 aromatic rings. The van der Waals surface area contributed by atoms with Gasteiger partial charge in [-0.15, -0.1) is 0 Å². The molecule has 0 fully saturated rings. The first-order chi connectivity index (χ1) is 9.42. The Morgan fingerprint density at radius 3 is 1.65 bits per heavy atom. The van der Waals surface area contributed by atoms with Gasteiger partial charge in [-0.2, -0.15) is 0 Å². The second-order valence-corrected chi connectivity index (χ2v) is 8.98. The van der Waals surface area contributed by atoms with Crippen molar-refractivity contribution in [2.45, 2.75) is 7.25 Å². The molecule has 2 aliphatic rings. The summed E-state index contributed by atoms with van der Waals surface area (Å²) in [7, 11) is 0. The van der Waals surface area contributed by atoms with E-state index in [1.807, 2.05) is 0 Å². The van der Waals surface area contributed by atoms with E-state index in [2.05, 4.69) is 72.8 Å². The number of allylic oxidation sites excluding steroid dienone is 2. The van der Waals surface area contributed by atoms with Crippen molar-refractivity contribution >= 4 is 12.2 Å². The zero-order valence-electron chi connectivity index (χ0n) is 12.0. The SMILES string of the molecule is C1=C[CH]([Zr+2][CH]2C=Cc3ccccc32)c2ccccc21.[Cl-].[H-]. The van der Waals surface area contributed by atoms with Gasteiger partial charge in [-0.05, 0) is 0 Å². The van der Waals surface area contributed by atoms with E-state index in [4.69, 9.17) is 0 Å². The van der Waals surface area contributed by atoms with Gasteiger partial charge in [0.1, 0.15) is 0 Å². The molecular weight excluding hydrogens is 343 g/mol. The Morgan fingerprint density at radius 2 is 1.15 bits per heavy atom. The number of fused-ring (bicyclic) bond motifs is 2. The number of hydrogen-bond acceptors (Lipinski definition) is 0. The monoisotopic (exact) mass is 356 g/mol. The van der Waals surface area contributed by atoms with E-state index >= 15 is 0 Å². The Hall–Kier alpha value is -0.907. The smallest absolute Gasteiger partial charge is 1.00 e. The predicted octanol–water partition coefficient (Wildman–Crippen LogP) is 1.72. The molecule has 98 valence electrons. The molecule has 0 spiro atoms. The summed E-state index contributed by atoms with van der Waals surface area (Å²) >= 11 is -0.542. The summed E-state index contributed by atoms with van der Waals surface area (Å²) < 4.78 is 1.47. The first-order valence-corrected chi connectivity index (χ1v) is 9.56. The van der Waals surface area contributed by atoms with E-state index in [0.717, 1.165) is 7.25 Å². The van der Waals surface area contributed by atoms with Crippen LogP contribution in [0.15, 0.2) is 60.7 Å². The molecule has 0 amide bonds. The van der Waals surface area contributed by atoms with E-state index in [1.54, 1.807) is 11.1 Å². The normalized spacial score (nSPS) is 21.0. The van der Waals surface area contributed by atoms with Gasteiger partial charge in [0, 0.05) is 0 Å². The molecule has 0 nitrogen and oxygen atoms in total. The average molecular weight is 358 g/mol. The number of hydrogen-bond donors (Lipinski definition) is 0. The van der Waals surface area contributed by atoms with Crippen LogP contribution >= 0.6 is 0 Å². The summed E-state index contributed by atoms with van der Waals surface area (Å²) in [4.78, 5) is 0. The average Bonchev–Trinajstić information content (AvgIpc) is 3.05. The van der Waals surface area contributed by atoms with Crippen molar-refractivity contribution in [2.24, 2.45) is 0 Å². The zero-order chi connectivity index (χ0) is 12.7. The van der Waals surface area contributed by atoms with Crippen LogP contribution in [-0.4, -0.2) is 0 Å². The maximum Gasteiger partial charge on any atom is -1.00 e. The standard InChI is InChI=1S/2C9H7.ClH.Zr.H/c2*1-2-5-9-7-3-6-8(9)4-1;;;/h2*1-7H;1H;;/q;;;+2;-1/p-1. The summed E-state index contributed by atoms with van der Waals surface area (Å²) in [5.74, 6) is 0. The molecule has 4 rings (SSSR count). The molecule has 0 aromatic heterocycles. The molecule has 0 N–H and O–H groups in total. The molecule has 2 aromatic carbocycles. The van der Waals surface area contributed by atoms with Crippen LogP contribution in [0.5, 0.6) is 0 Å². The Bertz CT molecular complexity index is 634. The van der Waals surface area contributed by atoms with Crippen LogP contribution in [0.3, 0.4) is 0 Å². The van der Waals surface area contributed by atoms with Crippen molar-refractivity contribution < 1.29 is 37.1 Å². The summed E-state index contributed by atoms with van der Waals surface area (Å²) in [6.07, 6.45) is 9.49. The third-order valence-electron chi connectivity index (χ3n) is 3.96. The Kier molecular flexibility index (Phi) is 4.10. The summed E-state index contributed by atoms with van der Waals surface area (Å²) in [6, 6.07) is 17.7. The van der Waals surface area contributed by atoms with E-state index in [1.165, 1.54) is 11.1 Å². The topological polar surface area (TPSA) is 0 Å². The maximum absolute atomic E-state index is 2.44. The second kappa shape index (κ2) is 5.84. The summed E-state index contributed by atoms with van der Waals surface area (Å²) in [6.45, 7) is 0. The van der Waals surface area contributed by atoms with E-state index in [9.17, 15) is 0 Å². The molecule has 0 aliphatic heterocycles. The summed E-state index contributed by atoms with van der Waals surface area (Å²) in [5, 5.41) is 0. The molecule has 2 unspecified atom stereocenters. The summed E-state index contributed by atoms with van der Waals surface area (Å²) in [5.41, 5.74) is 5.99. The molecule has 2 atom stereocenters. The van der Waals surface area contributed by atoms with Crippen molar-refractivity contribution in [1.29, 1.82) is 0 Å². The van der Waals surface area contributed by atoms with Crippen molar-refractivity contribution in [1.82, 2.24) is 0 Å². The third-order valence-corrected chi connectivity index (χ3v) is 8.20. The van der Waals surface area contributed by atoms with Gasteiger partial charge < -0.3 is 13.8 Å². The minimum atomic E-state index is -0.542.